The second-order valence-electron chi connectivity index (χ2n) is 7.04. The Kier molecular flexibility index (Phi) is 5.35. The van der Waals surface area contributed by atoms with Gasteiger partial charge in [0.05, 0.1) is 12.7 Å². The molecule has 0 aliphatic carbocycles. The molecule has 0 spiro atoms. The summed E-state index contributed by atoms with van der Waals surface area (Å²) >= 11 is 0. The van der Waals surface area contributed by atoms with E-state index in [1.54, 1.807) is 12.1 Å². The first kappa shape index (κ1) is 20.2. The van der Waals surface area contributed by atoms with Crippen LogP contribution in [0.1, 0.15) is 6.42 Å². The van der Waals surface area contributed by atoms with Crippen molar-refractivity contribution in [2.24, 2.45) is 0 Å². The highest BCUT2D eigenvalue weighted by atomic mass is 16.7. The quantitative estimate of drug-likeness (QED) is 0.421. The van der Waals surface area contributed by atoms with Gasteiger partial charge >= 0.3 is 0 Å². The molecule has 1 saturated heterocycles. The first-order valence-electron chi connectivity index (χ1n) is 9.25. The Labute approximate surface area is 170 Å². The average Bonchev–Trinajstić information content (AvgIpc) is 2.70. The number of fused-ring (bicyclic) bond motifs is 1. The Balaban J connectivity index is 1.68. The van der Waals surface area contributed by atoms with E-state index in [1.165, 1.54) is 30.3 Å². The molecule has 5 N–H and O–H groups in total. The summed E-state index contributed by atoms with van der Waals surface area (Å²) in [6.07, 6.45) is -4.48. The predicted octanol–water partition coefficient (Wildman–Crippen LogP) is 1.08. The lowest BCUT2D eigenvalue weighted by atomic mass is 10.0. The first-order valence-corrected chi connectivity index (χ1v) is 9.25. The van der Waals surface area contributed by atoms with E-state index in [4.69, 9.17) is 13.9 Å². The smallest absolute Gasteiger partial charge is 0.202 e. The van der Waals surface area contributed by atoms with Crippen LogP contribution in [0.25, 0.3) is 22.3 Å². The van der Waals surface area contributed by atoms with E-state index in [1.807, 2.05) is 0 Å². The van der Waals surface area contributed by atoms with E-state index in [2.05, 4.69) is 0 Å². The summed E-state index contributed by atoms with van der Waals surface area (Å²) in [5.41, 5.74) is 0.156. The zero-order chi connectivity index (χ0) is 21.4. The SMILES string of the molecule is O=c1cc(-c2ccc(O)cc2)oc2cc(OC3CC(O)C(O)C(CO)O3)cc(O)c12. The molecule has 9 nitrogen and oxygen atoms in total. The molecule has 4 atom stereocenters. The van der Waals surface area contributed by atoms with Gasteiger partial charge < -0.3 is 39.4 Å². The van der Waals surface area contributed by atoms with E-state index in [9.17, 15) is 30.3 Å². The fourth-order valence-corrected chi connectivity index (χ4v) is 3.37. The van der Waals surface area contributed by atoms with E-state index in [0.29, 0.717) is 5.56 Å². The standard InChI is InChI=1S/C21H20O9/c22-9-18-21(27)15(26)8-19(30-18)28-12-5-13(24)20-14(25)7-16(29-17(20)6-12)10-1-3-11(23)4-2-10/h1-7,15,18-19,21-24,26-27H,8-9H2. The average molecular weight is 416 g/mol. The Morgan fingerprint density at radius 3 is 2.50 bits per heavy atom. The molecule has 0 saturated carbocycles. The molecule has 1 aliphatic heterocycles. The van der Waals surface area contributed by atoms with Crippen molar-refractivity contribution in [2.75, 3.05) is 6.61 Å². The molecule has 0 radical (unpaired) electrons. The van der Waals surface area contributed by atoms with Crippen molar-refractivity contribution in [3.05, 3.63) is 52.7 Å². The van der Waals surface area contributed by atoms with Gasteiger partial charge in [-0.25, -0.2) is 0 Å². The van der Waals surface area contributed by atoms with Crippen LogP contribution in [0.3, 0.4) is 0 Å². The second kappa shape index (κ2) is 7.96. The molecule has 2 heterocycles. The minimum absolute atomic E-state index is 0.0295. The lowest BCUT2D eigenvalue weighted by Crippen LogP contribution is -2.51. The maximum atomic E-state index is 12.5. The summed E-state index contributed by atoms with van der Waals surface area (Å²) in [5.74, 6) is 0.0490. The molecule has 30 heavy (non-hydrogen) atoms. The highest BCUT2D eigenvalue weighted by molar-refractivity contribution is 5.86. The number of aliphatic hydroxyl groups is 3. The van der Waals surface area contributed by atoms with Crippen molar-refractivity contribution >= 4 is 11.0 Å². The molecular weight excluding hydrogens is 396 g/mol. The van der Waals surface area contributed by atoms with E-state index >= 15 is 0 Å². The molecule has 3 aromatic rings. The molecule has 4 unspecified atom stereocenters. The Morgan fingerprint density at radius 2 is 1.80 bits per heavy atom. The maximum Gasteiger partial charge on any atom is 0.202 e. The third kappa shape index (κ3) is 3.83. The number of hydrogen-bond donors (Lipinski definition) is 5. The van der Waals surface area contributed by atoms with Gasteiger partial charge in [-0.2, -0.15) is 0 Å². The molecule has 0 amide bonds. The summed E-state index contributed by atoms with van der Waals surface area (Å²) in [7, 11) is 0. The third-order valence-corrected chi connectivity index (χ3v) is 4.92. The molecule has 158 valence electrons. The van der Waals surface area contributed by atoms with Gasteiger partial charge in [0.15, 0.2) is 5.43 Å². The van der Waals surface area contributed by atoms with Crippen molar-refractivity contribution in [1.82, 2.24) is 0 Å². The van der Waals surface area contributed by atoms with Crippen LogP contribution < -0.4 is 10.2 Å². The van der Waals surface area contributed by atoms with Gasteiger partial charge in [-0.15, -0.1) is 0 Å². The maximum absolute atomic E-state index is 12.5. The van der Waals surface area contributed by atoms with Crippen LogP contribution in [0.5, 0.6) is 17.2 Å². The van der Waals surface area contributed by atoms with Crippen molar-refractivity contribution in [3.8, 4) is 28.6 Å². The molecular formula is C21H20O9. The van der Waals surface area contributed by atoms with Crippen LogP contribution in [-0.2, 0) is 4.74 Å². The summed E-state index contributed by atoms with van der Waals surface area (Å²) in [5, 5.41) is 48.7. The Bertz CT molecular complexity index is 1110. The van der Waals surface area contributed by atoms with Gasteiger partial charge in [0.25, 0.3) is 0 Å². The first-order chi connectivity index (χ1) is 14.4. The zero-order valence-electron chi connectivity index (χ0n) is 15.6. The van der Waals surface area contributed by atoms with Gasteiger partial charge in [-0.1, -0.05) is 0 Å². The number of aliphatic hydroxyl groups excluding tert-OH is 3. The minimum atomic E-state index is -1.24. The van der Waals surface area contributed by atoms with Gasteiger partial charge in [-0.3, -0.25) is 4.79 Å². The topological polar surface area (TPSA) is 150 Å². The van der Waals surface area contributed by atoms with Gasteiger partial charge in [0, 0.05) is 30.2 Å². The molecule has 1 aliphatic rings. The van der Waals surface area contributed by atoms with Crippen LogP contribution in [0.4, 0.5) is 0 Å². The monoisotopic (exact) mass is 416 g/mol. The van der Waals surface area contributed by atoms with Crippen molar-refractivity contribution in [2.45, 2.75) is 31.0 Å². The third-order valence-electron chi connectivity index (χ3n) is 4.92. The van der Waals surface area contributed by atoms with Gasteiger partial charge in [0.2, 0.25) is 6.29 Å². The molecule has 0 bridgehead atoms. The van der Waals surface area contributed by atoms with Crippen LogP contribution in [0.15, 0.2) is 51.7 Å². The van der Waals surface area contributed by atoms with Crippen LogP contribution in [0.2, 0.25) is 0 Å². The normalized spacial score (nSPS) is 24.1. The number of hydrogen-bond acceptors (Lipinski definition) is 9. The Morgan fingerprint density at radius 1 is 1.07 bits per heavy atom. The predicted molar refractivity (Wildman–Crippen MR) is 104 cm³/mol. The lowest BCUT2D eigenvalue weighted by Gasteiger charge is -2.36. The summed E-state index contributed by atoms with van der Waals surface area (Å²) < 4.78 is 16.8. The number of aromatic hydroxyl groups is 2. The number of phenolic OH excluding ortho intramolecular Hbond substituents is 2. The Hall–Kier alpha value is -3.11. The largest absolute Gasteiger partial charge is 0.508 e. The number of rotatable bonds is 4. The highest BCUT2D eigenvalue weighted by Gasteiger charge is 2.37. The van der Waals surface area contributed by atoms with E-state index in [0.717, 1.165) is 0 Å². The molecule has 2 aromatic carbocycles. The van der Waals surface area contributed by atoms with Crippen LogP contribution in [-0.4, -0.2) is 56.7 Å². The summed E-state index contributed by atoms with van der Waals surface area (Å²) in [6, 6.07) is 9.92. The molecule has 4 rings (SSSR count). The zero-order valence-corrected chi connectivity index (χ0v) is 15.6. The lowest BCUT2D eigenvalue weighted by molar-refractivity contribution is -0.229. The van der Waals surface area contributed by atoms with Crippen molar-refractivity contribution in [3.63, 3.8) is 0 Å². The molecule has 1 aromatic heterocycles. The number of benzene rings is 2. The molecule has 9 heteroatoms. The fourth-order valence-electron chi connectivity index (χ4n) is 3.37. The van der Waals surface area contributed by atoms with Crippen molar-refractivity contribution in [1.29, 1.82) is 0 Å². The second-order valence-corrected chi connectivity index (χ2v) is 7.04. The van der Waals surface area contributed by atoms with E-state index in [-0.39, 0.29) is 40.4 Å². The van der Waals surface area contributed by atoms with Crippen LogP contribution in [0, 0.1) is 0 Å². The van der Waals surface area contributed by atoms with Gasteiger partial charge in [-0.05, 0) is 24.3 Å². The minimum Gasteiger partial charge on any atom is -0.508 e. The van der Waals surface area contributed by atoms with Gasteiger partial charge in [0.1, 0.15) is 46.2 Å². The summed E-state index contributed by atoms with van der Waals surface area (Å²) in [6.45, 7) is -0.508. The van der Waals surface area contributed by atoms with Crippen molar-refractivity contribution < 1.29 is 39.4 Å². The molecule has 1 fully saturated rings. The highest BCUT2D eigenvalue weighted by Crippen LogP contribution is 2.33. The van der Waals surface area contributed by atoms with Crippen LogP contribution >= 0.6 is 0 Å². The number of ether oxygens (including phenoxy) is 2. The fraction of sp³-hybridized carbons (Fsp3) is 0.286. The number of phenols is 2. The van der Waals surface area contributed by atoms with E-state index < -0.39 is 36.6 Å². The summed E-state index contributed by atoms with van der Waals surface area (Å²) in [4.78, 5) is 12.5.